The molecule has 0 unspecified atom stereocenters. The zero-order valence-electron chi connectivity index (χ0n) is 15.0. The van der Waals surface area contributed by atoms with Gasteiger partial charge in [-0.1, -0.05) is 31.2 Å². The van der Waals surface area contributed by atoms with E-state index in [9.17, 15) is 0 Å². The molecule has 2 N–H and O–H groups in total. The van der Waals surface area contributed by atoms with Gasteiger partial charge in [-0.3, -0.25) is 0 Å². The Morgan fingerprint density at radius 3 is 2.25 bits per heavy atom. The lowest BCUT2D eigenvalue weighted by atomic mass is 9.89. The minimum atomic E-state index is 0.342. The van der Waals surface area contributed by atoms with Gasteiger partial charge in [-0.15, -0.1) is 0 Å². The van der Waals surface area contributed by atoms with Gasteiger partial charge in [0.15, 0.2) is 11.5 Å². The Morgan fingerprint density at radius 2 is 1.62 bits per heavy atom. The van der Waals surface area contributed by atoms with E-state index in [1.807, 2.05) is 13.8 Å². The molecule has 2 aromatic rings. The van der Waals surface area contributed by atoms with Crippen LogP contribution >= 0.6 is 0 Å². The van der Waals surface area contributed by atoms with Gasteiger partial charge in [-0.2, -0.15) is 0 Å². The third-order valence-electron chi connectivity index (χ3n) is 4.70. The minimum absolute atomic E-state index is 0.342. The van der Waals surface area contributed by atoms with Crippen LogP contribution in [-0.4, -0.2) is 19.8 Å². The van der Waals surface area contributed by atoms with Gasteiger partial charge in [0.25, 0.3) is 0 Å². The monoisotopic (exact) mass is 326 g/mol. The topological polar surface area (TPSA) is 35.1 Å². The molecule has 1 atom stereocenters. The maximum absolute atomic E-state index is 5.84. The summed E-state index contributed by atoms with van der Waals surface area (Å²) in [6, 6.07) is 13.7. The van der Waals surface area contributed by atoms with Gasteiger partial charge in [0.1, 0.15) is 6.04 Å². The zero-order valence-corrected chi connectivity index (χ0v) is 15.0. The zero-order chi connectivity index (χ0) is 16.9. The van der Waals surface area contributed by atoms with Crippen molar-refractivity contribution in [1.29, 1.82) is 0 Å². The fourth-order valence-corrected chi connectivity index (χ4v) is 3.47. The van der Waals surface area contributed by atoms with Crippen molar-refractivity contribution >= 4 is 0 Å². The van der Waals surface area contributed by atoms with Gasteiger partial charge in [0.05, 0.1) is 19.8 Å². The molecule has 0 saturated carbocycles. The highest BCUT2D eigenvalue weighted by atomic mass is 16.5. The van der Waals surface area contributed by atoms with E-state index in [1.165, 1.54) is 22.3 Å². The quantitative estimate of drug-likeness (QED) is 0.884. The fraction of sp³-hybridized carbons (Fsp3) is 0.429. The number of aryl methyl sites for hydroxylation is 1. The van der Waals surface area contributed by atoms with E-state index < -0.39 is 0 Å². The summed E-state index contributed by atoms with van der Waals surface area (Å²) in [6.07, 6.45) is 2.16. The summed E-state index contributed by atoms with van der Waals surface area (Å²) in [5, 5.41) is 2.43. The van der Waals surface area contributed by atoms with E-state index in [0.29, 0.717) is 19.3 Å². The van der Waals surface area contributed by atoms with Gasteiger partial charge in [0, 0.05) is 17.5 Å². The van der Waals surface area contributed by atoms with Crippen LogP contribution in [0.4, 0.5) is 0 Å². The van der Waals surface area contributed by atoms with E-state index in [-0.39, 0.29) is 0 Å². The van der Waals surface area contributed by atoms with Gasteiger partial charge in [0.2, 0.25) is 0 Å². The number of hydrogen-bond donors (Lipinski definition) is 1. The Morgan fingerprint density at radius 1 is 0.958 bits per heavy atom. The normalized spacial score (nSPS) is 16.5. The lowest BCUT2D eigenvalue weighted by Crippen LogP contribution is -2.87. The summed E-state index contributed by atoms with van der Waals surface area (Å²) in [6.45, 7) is 8.64. The molecule has 3 heteroatoms. The Hall–Kier alpha value is -2.00. The third-order valence-corrected chi connectivity index (χ3v) is 4.70. The van der Waals surface area contributed by atoms with Gasteiger partial charge >= 0.3 is 0 Å². The highest BCUT2D eigenvalue weighted by molar-refractivity contribution is 5.50. The molecule has 0 saturated heterocycles. The van der Waals surface area contributed by atoms with Gasteiger partial charge in [-0.25, -0.2) is 0 Å². The fourth-order valence-electron chi connectivity index (χ4n) is 3.47. The smallest absolute Gasteiger partial charge is 0.161 e. The van der Waals surface area contributed by atoms with Crippen LogP contribution in [0.2, 0.25) is 0 Å². The van der Waals surface area contributed by atoms with Crippen LogP contribution in [0.25, 0.3) is 0 Å². The van der Waals surface area contributed by atoms with Crippen molar-refractivity contribution in [2.75, 3.05) is 19.8 Å². The first kappa shape index (κ1) is 16.8. The van der Waals surface area contributed by atoms with Crippen LogP contribution in [0.15, 0.2) is 36.4 Å². The lowest BCUT2D eigenvalue weighted by molar-refractivity contribution is -0.690. The molecule has 0 aliphatic carbocycles. The first-order valence-corrected chi connectivity index (χ1v) is 9.11. The number of quaternary nitrogens is 1. The van der Waals surface area contributed by atoms with Crippen molar-refractivity contribution in [2.24, 2.45) is 0 Å². The molecule has 2 aromatic carbocycles. The molecular weight excluding hydrogens is 298 g/mol. The standard InChI is InChI=1S/C21H27NO2/c1-4-15-7-9-16(10-8-15)21-18-14-20(24-6-3)19(23-5-2)13-17(18)11-12-22-21/h7-10,13-14,21-22H,4-6,11-12H2,1-3H3/p+1/t21-/m0/s1. The second kappa shape index (κ2) is 7.71. The first-order chi connectivity index (χ1) is 11.8. The maximum atomic E-state index is 5.84. The number of ether oxygens (including phenoxy) is 2. The van der Waals surface area contributed by atoms with Crippen LogP contribution in [0.1, 0.15) is 49.1 Å². The summed E-state index contributed by atoms with van der Waals surface area (Å²) in [5.41, 5.74) is 5.49. The predicted octanol–water partition coefficient (Wildman–Crippen LogP) is 3.26. The summed E-state index contributed by atoms with van der Waals surface area (Å²) < 4.78 is 11.6. The van der Waals surface area contributed by atoms with Crippen LogP contribution in [-0.2, 0) is 12.8 Å². The Bertz CT molecular complexity index is 679. The Kier molecular flexibility index (Phi) is 5.41. The van der Waals surface area contributed by atoms with Crippen LogP contribution < -0.4 is 14.8 Å². The molecule has 24 heavy (non-hydrogen) atoms. The second-order valence-corrected chi connectivity index (χ2v) is 6.21. The van der Waals surface area contributed by atoms with Crippen LogP contribution in [0.3, 0.4) is 0 Å². The Balaban J connectivity index is 2.00. The third kappa shape index (κ3) is 3.41. The van der Waals surface area contributed by atoms with Crippen molar-refractivity contribution in [2.45, 2.75) is 39.7 Å². The van der Waals surface area contributed by atoms with Crippen molar-refractivity contribution in [3.05, 3.63) is 58.7 Å². The van der Waals surface area contributed by atoms with E-state index in [1.54, 1.807) is 0 Å². The number of nitrogens with two attached hydrogens (primary N) is 1. The summed E-state index contributed by atoms with van der Waals surface area (Å²) in [7, 11) is 0. The van der Waals surface area contributed by atoms with Crippen molar-refractivity contribution in [3.8, 4) is 11.5 Å². The van der Waals surface area contributed by atoms with Gasteiger partial charge < -0.3 is 14.8 Å². The van der Waals surface area contributed by atoms with E-state index in [0.717, 1.165) is 30.9 Å². The minimum Gasteiger partial charge on any atom is -0.490 e. The molecule has 1 heterocycles. The first-order valence-electron chi connectivity index (χ1n) is 9.11. The van der Waals surface area contributed by atoms with Crippen molar-refractivity contribution in [1.82, 2.24) is 0 Å². The molecule has 0 radical (unpaired) electrons. The van der Waals surface area contributed by atoms with E-state index >= 15 is 0 Å². The number of hydrogen-bond acceptors (Lipinski definition) is 2. The molecule has 1 aliphatic rings. The van der Waals surface area contributed by atoms with Crippen molar-refractivity contribution < 1.29 is 14.8 Å². The maximum Gasteiger partial charge on any atom is 0.161 e. The highest BCUT2D eigenvalue weighted by Gasteiger charge is 2.27. The largest absolute Gasteiger partial charge is 0.490 e. The lowest BCUT2D eigenvalue weighted by Gasteiger charge is -2.26. The summed E-state index contributed by atoms with van der Waals surface area (Å²) >= 11 is 0. The van der Waals surface area contributed by atoms with Crippen LogP contribution in [0.5, 0.6) is 11.5 Å². The summed E-state index contributed by atoms with van der Waals surface area (Å²) in [4.78, 5) is 0. The molecule has 0 spiro atoms. The van der Waals surface area contributed by atoms with Crippen molar-refractivity contribution in [3.63, 3.8) is 0 Å². The predicted molar refractivity (Wildman–Crippen MR) is 96.9 cm³/mol. The number of rotatable bonds is 6. The molecular formula is C21H28NO2+. The molecule has 3 rings (SSSR count). The molecule has 0 fully saturated rings. The molecule has 128 valence electrons. The van der Waals surface area contributed by atoms with Gasteiger partial charge in [-0.05, 0) is 43.5 Å². The highest BCUT2D eigenvalue weighted by Crippen LogP contribution is 2.36. The molecule has 0 aromatic heterocycles. The average Bonchev–Trinajstić information content (AvgIpc) is 2.62. The molecule has 0 bridgehead atoms. The average molecular weight is 326 g/mol. The molecule has 1 aliphatic heterocycles. The molecule has 3 nitrogen and oxygen atoms in total. The second-order valence-electron chi connectivity index (χ2n) is 6.21. The van der Waals surface area contributed by atoms with E-state index in [4.69, 9.17) is 9.47 Å². The summed E-state index contributed by atoms with van der Waals surface area (Å²) in [5.74, 6) is 1.74. The number of fused-ring (bicyclic) bond motifs is 1. The van der Waals surface area contributed by atoms with E-state index in [2.05, 4.69) is 48.6 Å². The van der Waals surface area contributed by atoms with Crippen LogP contribution in [0, 0.1) is 0 Å². The Labute approximate surface area is 145 Å². The number of benzene rings is 2. The SMILES string of the molecule is CCOc1cc2c(cc1OCC)[C@H](c1ccc(CC)cc1)[NH2+]CC2. The molecule has 0 amide bonds.